The number of aromatic amines is 1. The maximum Gasteiger partial charge on any atom is 0.468 e. The number of rotatable bonds is 2. The Balaban J connectivity index is 1.70. The van der Waals surface area contributed by atoms with Crippen LogP contribution in [-0.4, -0.2) is 49.4 Å². The average Bonchev–Trinajstić information content (AvgIpc) is 3.20. The van der Waals surface area contributed by atoms with E-state index in [1.54, 1.807) is 11.1 Å². The van der Waals surface area contributed by atoms with Gasteiger partial charge in [0.05, 0.1) is 11.3 Å². The summed E-state index contributed by atoms with van der Waals surface area (Å²) in [5.74, 6) is 1.09. The molecule has 2 aromatic heterocycles. The summed E-state index contributed by atoms with van der Waals surface area (Å²) in [5, 5.41) is 27.8. The first-order valence-corrected chi connectivity index (χ1v) is 10.1. The van der Waals surface area contributed by atoms with E-state index in [1.807, 2.05) is 12.3 Å². The fourth-order valence-electron chi connectivity index (χ4n) is 5.83. The molecule has 142 valence electrons. The van der Waals surface area contributed by atoms with Gasteiger partial charge in [-0.2, -0.15) is 5.10 Å². The Kier molecular flexibility index (Phi) is 3.72. The lowest BCUT2D eigenvalue weighted by Crippen LogP contribution is -2.56. The van der Waals surface area contributed by atoms with E-state index in [0.29, 0.717) is 17.8 Å². The van der Waals surface area contributed by atoms with Crippen LogP contribution in [0, 0.1) is 17.8 Å². The highest BCUT2D eigenvalue weighted by Crippen LogP contribution is 2.52. The topological polar surface area (TPSA) is 84.7 Å². The third-order valence-corrected chi connectivity index (χ3v) is 6.91. The van der Waals surface area contributed by atoms with Crippen LogP contribution in [0.15, 0.2) is 23.6 Å². The first kappa shape index (κ1) is 17.3. The molecule has 3 aliphatic rings. The van der Waals surface area contributed by atoms with Crippen LogP contribution in [0.5, 0.6) is 0 Å². The minimum absolute atomic E-state index is 0.0875. The van der Waals surface area contributed by atoms with E-state index in [1.165, 1.54) is 0 Å². The summed E-state index contributed by atoms with van der Waals surface area (Å²) >= 11 is 0. The summed E-state index contributed by atoms with van der Waals surface area (Å²) in [4.78, 5) is 9.52. The van der Waals surface area contributed by atoms with E-state index in [2.05, 4.69) is 30.7 Å². The quantitative estimate of drug-likeness (QED) is 0.709. The zero-order valence-electron chi connectivity index (χ0n) is 16.2. The van der Waals surface area contributed by atoms with Gasteiger partial charge in [0.2, 0.25) is 0 Å². The van der Waals surface area contributed by atoms with Gasteiger partial charge in [0.25, 0.3) is 0 Å². The highest BCUT2D eigenvalue weighted by molar-refractivity contribution is 6.66. The third-order valence-electron chi connectivity index (χ3n) is 6.91. The molecule has 0 radical (unpaired) electrons. The zero-order valence-corrected chi connectivity index (χ0v) is 16.2. The number of nitrogens with zero attached hydrogens (tertiary/aromatic N) is 3. The van der Waals surface area contributed by atoms with Gasteiger partial charge in [0.1, 0.15) is 5.65 Å². The summed E-state index contributed by atoms with van der Waals surface area (Å²) in [5.41, 5.74) is 3.29. The molecule has 3 heterocycles. The van der Waals surface area contributed by atoms with Crippen LogP contribution in [0.2, 0.25) is 0 Å². The lowest BCUT2D eigenvalue weighted by molar-refractivity contribution is -0.00753. The van der Waals surface area contributed by atoms with Crippen LogP contribution in [0.3, 0.4) is 0 Å². The number of fused-ring (bicyclic) bond motifs is 5. The Morgan fingerprint density at radius 3 is 2.96 bits per heavy atom. The monoisotopic (exact) mass is 366 g/mol. The van der Waals surface area contributed by atoms with Gasteiger partial charge in [-0.3, -0.25) is 0 Å². The number of hydrazone groups is 1. The van der Waals surface area contributed by atoms with Crippen LogP contribution in [0.25, 0.3) is 11.0 Å². The van der Waals surface area contributed by atoms with Crippen LogP contribution < -0.4 is 5.46 Å². The molecule has 4 atom stereocenters. The number of aromatic nitrogens is 2. The highest BCUT2D eigenvalue weighted by Gasteiger charge is 2.51. The fraction of sp³-hybridized carbons (Fsp3) is 0.600. The molecule has 0 saturated heterocycles. The molecule has 1 aliphatic heterocycles. The van der Waals surface area contributed by atoms with Crippen molar-refractivity contribution in [2.45, 2.75) is 58.1 Å². The van der Waals surface area contributed by atoms with Crippen molar-refractivity contribution in [2.75, 3.05) is 0 Å². The van der Waals surface area contributed by atoms with Gasteiger partial charge >= 0.3 is 7.05 Å². The van der Waals surface area contributed by atoms with Crippen molar-refractivity contribution in [1.29, 1.82) is 0 Å². The van der Waals surface area contributed by atoms with Crippen molar-refractivity contribution in [1.82, 2.24) is 14.9 Å². The largest absolute Gasteiger partial charge is 0.468 e. The van der Waals surface area contributed by atoms with Crippen molar-refractivity contribution >= 4 is 29.3 Å². The molecule has 0 aromatic carbocycles. The lowest BCUT2D eigenvalue weighted by Gasteiger charge is -2.42. The molecule has 2 fully saturated rings. The van der Waals surface area contributed by atoms with Gasteiger partial charge in [-0.05, 0) is 57.4 Å². The number of pyridine rings is 1. The predicted molar refractivity (Wildman–Crippen MR) is 107 cm³/mol. The van der Waals surface area contributed by atoms with Gasteiger partial charge < -0.3 is 20.0 Å². The zero-order chi connectivity index (χ0) is 18.9. The molecule has 0 spiro atoms. The molecule has 2 aromatic rings. The van der Waals surface area contributed by atoms with Gasteiger partial charge in [-0.15, -0.1) is 0 Å². The number of hydrogen-bond donors (Lipinski definition) is 3. The second-order valence-corrected chi connectivity index (χ2v) is 9.10. The summed E-state index contributed by atoms with van der Waals surface area (Å²) < 4.78 is 0. The van der Waals surface area contributed by atoms with Crippen LogP contribution in [0.1, 0.15) is 52.0 Å². The van der Waals surface area contributed by atoms with E-state index in [-0.39, 0.29) is 6.04 Å². The Morgan fingerprint density at radius 1 is 1.37 bits per heavy atom. The molecule has 2 aliphatic carbocycles. The number of hydrogen-bond acceptors (Lipinski definition) is 5. The molecule has 27 heavy (non-hydrogen) atoms. The molecular formula is C20H27BN4O2. The van der Waals surface area contributed by atoms with Crippen molar-refractivity contribution in [3.05, 3.63) is 24.0 Å². The summed E-state index contributed by atoms with van der Waals surface area (Å²) in [7, 11) is -0.782. The normalized spacial score (nSPS) is 33.0. The first-order valence-electron chi connectivity index (χ1n) is 10.1. The van der Waals surface area contributed by atoms with Crippen molar-refractivity contribution in [3.63, 3.8) is 0 Å². The SMILES string of the molecule is CC(C)N1N=C([C@H]2[C@H]3CC[C@](O)(C3)C[C@@H]2C)c2c(cnc3[nH]ccc23)B1O. The van der Waals surface area contributed by atoms with E-state index in [9.17, 15) is 10.1 Å². The van der Waals surface area contributed by atoms with Gasteiger partial charge in [-0.25, -0.2) is 4.98 Å². The second kappa shape index (κ2) is 5.82. The Hall–Kier alpha value is -1.86. The average molecular weight is 366 g/mol. The highest BCUT2D eigenvalue weighted by atomic mass is 16.3. The van der Waals surface area contributed by atoms with Gasteiger partial charge in [-0.1, -0.05) is 6.92 Å². The van der Waals surface area contributed by atoms with Crippen molar-refractivity contribution < 1.29 is 10.1 Å². The van der Waals surface area contributed by atoms with E-state index in [0.717, 1.165) is 53.5 Å². The first-order chi connectivity index (χ1) is 12.9. The summed E-state index contributed by atoms with van der Waals surface area (Å²) in [6.07, 6.45) is 7.32. The molecule has 6 nitrogen and oxygen atoms in total. The maximum atomic E-state index is 11.0. The third kappa shape index (κ3) is 2.48. The van der Waals surface area contributed by atoms with Gasteiger partial charge in [0.15, 0.2) is 0 Å². The maximum absolute atomic E-state index is 11.0. The second-order valence-electron chi connectivity index (χ2n) is 9.10. The summed E-state index contributed by atoms with van der Waals surface area (Å²) in [6.45, 7) is 6.35. The van der Waals surface area contributed by atoms with Crippen molar-refractivity contribution in [3.8, 4) is 0 Å². The molecular weight excluding hydrogens is 339 g/mol. The standard InChI is InChI=1S/C20H27BN4O2/c1-11(2)25-21(27)15-10-23-19-14(5-7-22-19)17(15)18(24-25)16-12(3)8-20(26)6-4-13(16)9-20/h5,7,10-13,16,26-27H,4,6,8-9H2,1-3H3,(H,22,23)/t12-,13-,16+,20+/m0/s1. The molecule has 2 bridgehead atoms. The van der Waals surface area contributed by atoms with Crippen LogP contribution in [0.4, 0.5) is 0 Å². The fourth-order valence-corrected chi connectivity index (χ4v) is 5.83. The summed E-state index contributed by atoms with van der Waals surface area (Å²) in [6, 6.07) is 2.12. The van der Waals surface area contributed by atoms with E-state index >= 15 is 0 Å². The van der Waals surface area contributed by atoms with E-state index < -0.39 is 12.7 Å². The number of H-pyrrole nitrogens is 1. The van der Waals surface area contributed by atoms with Crippen LogP contribution in [-0.2, 0) is 0 Å². The molecule has 0 unspecified atom stereocenters. The van der Waals surface area contributed by atoms with Crippen LogP contribution >= 0.6 is 0 Å². The minimum Gasteiger partial charge on any atom is -0.428 e. The predicted octanol–water partition coefficient (Wildman–Crippen LogP) is 1.87. The Labute approximate surface area is 159 Å². The molecule has 7 heteroatoms. The number of aliphatic hydroxyl groups is 1. The molecule has 2 saturated carbocycles. The van der Waals surface area contributed by atoms with Crippen molar-refractivity contribution in [2.24, 2.45) is 22.9 Å². The van der Waals surface area contributed by atoms with Gasteiger partial charge in [0, 0.05) is 40.8 Å². The smallest absolute Gasteiger partial charge is 0.428 e. The Morgan fingerprint density at radius 2 is 2.19 bits per heavy atom. The minimum atomic E-state index is -0.782. The lowest BCUT2D eigenvalue weighted by atomic mass is 9.63. The van der Waals surface area contributed by atoms with E-state index in [4.69, 9.17) is 5.10 Å². The number of nitrogens with one attached hydrogen (secondary N) is 1. The molecule has 5 rings (SSSR count). The molecule has 0 amide bonds. The molecule has 3 N–H and O–H groups in total. The Bertz CT molecular complexity index is 926.